The Morgan fingerprint density at radius 3 is 2.33 bits per heavy atom. The van der Waals surface area contributed by atoms with Crippen LogP contribution in [0.1, 0.15) is 26.2 Å². The van der Waals surface area contributed by atoms with Crippen molar-refractivity contribution >= 4 is 9.84 Å². The third-order valence-corrected chi connectivity index (χ3v) is 4.57. The van der Waals surface area contributed by atoms with Crippen LogP contribution in [0.4, 0.5) is 0 Å². The van der Waals surface area contributed by atoms with Crippen LogP contribution in [0.3, 0.4) is 0 Å². The van der Waals surface area contributed by atoms with Gasteiger partial charge in [0.25, 0.3) is 0 Å². The van der Waals surface area contributed by atoms with Gasteiger partial charge in [0, 0.05) is 6.26 Å². The first-order chi connectivity index (χ1) is 5.45. The van der Waals surface area contributed by atoms with Crippen LogP contribution in [-0.4, -0.2) is 19.4 Å². The molecule has 12 heavy (non-hydrogen) atoms. The van der Waals surface area contributed by atoms with Crippen molar-refractivity contribution < 1.29 is 8.42 Å². The average Bonchev–Trinajstić information content (AvgIpc) is 1.84. The molecule has 3 nitrogen and oxygen atoms in total. The summed E-state index contributed by atoms with van der Waals surface area (Å²) in [5, 5.41) is 8.76. The second-order valence-corrected chi connectivity index (χ2v) is 5.89. The third kappa shape index (κ3) is 1.22. The van der Waals surface area contributed by atoms with Gasteiger partial charge in [0.05, 0.1) is 6.07 Å². The Bertz CT molecular complexity index is 306. The Hall–Kier alpha value is -0.560. The van der Waals surface area contributed by atoms with E-state index in [4.69, 9.17) is 5.26 Å². The van der Waals surface area contributed by atoms with E-state index in [2.05, 4.69) is 0 Å². The molecule has 0 atom stereocenters. The number of nitriles is 1. The van der Waals surface area contributed by atoms with Crippen molar-refractivity contribution in [3.63, 3.8) is 0 Å². The maximum Gasteiger partial charge on any atom is 0.166 e. The molecule has 0 aliphatic heterocycles. The van der Waals surface area contributed by atoms with Crippen molar-refractivity contribution in [1.29, 1.82) is 5.26 Å². The molecule has 1 aliphatic carbocycles. The van der Waals surface area contributed by atoms with Crippen LogP contribution in [-0.2, 0) is 9.84 Å². The second kappa shape index (κ2) is 2.74. The van der Waals surface area contributed by atoms with E-state index in [0.29, 0.717) is 18.8 Å². The molecule has 0 N–H and O–H groups in total. The first-order valence-electron chi connectivity index (χ1n) is 4.06. The zero-order valence-corrected chi connectivity index (χ0v) is 8.19. The summed E-state index contributed by atoms with van der Waals surface area (Å²) in [6.45, 7) is 2.02. The van der Waals surface area contributed by atoms with Crippen LogP contribution >= 0.6 is 0 Å². The Balaban J connectivity index is 2.82. The molecule has 0 heterocycles. The molecule has 1 saturated carbocycles. The van der Waals surface area contributed by atoms with Crippen LogP contribution < -0.4 is 0 Å². The lowest BCUT2D eigenvalue weighted by molar-refractivity contribution is 0.257. The predicted octanol–water partition coefficient (Wildman–Crippen LogP) is 1.11. The van der Waals surface area contributed by atoms with Crippen molar-refractivity contribution in [3.05, 3.63) is 0 Å². The van der Waals surface area contributed by atoms with Crippen molar-refractivity contribution in [2.24, 2.45) is 5.92 Å². The van der Waals surface area contributed by atoms with Crippen LogP contribution in [0.2, 0.25) is 0 Å². The quantitative estimate of drug-likeness (QED) is 0.650. The van der Waals surface area contributed by atoms with Gasteiger partial charge in [-0.3, -0.25) is 0 Å². The SMILES string of the molecule is CCC1CC(C#N)(S(C)(=O)=O)C1. The predicted molar refractivity (Wildman–Crippen MR) is 46.2 cm³/mol. The highest BCUT2D eigenvalue weighted by Crippen LogP contribution is 2.44. The van der Waals surface area contributed by atoms with Gasteiger partial charge in [-0.2, -0.15) is 5.26 Å². The van der Waals surface area contributed by atoms with Crippen LogP contribution in [0.15, 0.2) is 0 Å². The summed E-state index contributed by atoms with van der Waals surface area (Å²) >= 11 is 0. The van der Waals surface area contributed by atoms with Gasteiger partial charge in [0.2, 0.25) is 0 Å². The average molecular weight is 187 g/mol. The van der Waals surface area contributed by atoms with Gasteiger partial charge >= 0.3 is 0 Å². The molecule has 0 aromatic rings. The molecule has 68 valence electrons. The molecule has 1 aliphatic rings. The molecule has 1 fully saturated rings. The molecule has 0 amide bonds. The maximum absolute atomic E-state index is 11.2. The lowest BCUT2D eigenvalue weighted by atomic mass is 9.73. The number of hydrogen-bond donors (Lipinski definition) is 0. The van der Waals surface area contributed by atoms with Crippen molar-refractivity contribution in [3.8, 4) is 6.07 Å². The summed E-state index contributed by atoms with van der Waals surface area (Å²) in [7, 11) is -3.18. The van der Waals surface area contributed by atoms with E-state index in [9.17, 15) is 8.42 Å². The van der Waals surface area contributed by atoms with Crippen LogP contribution in [0.25, 0.3) is 0 Å². The fraction of sp³-hybridized carbons (Fsp3) is 0.875. The minimum absolute atomic E-state index is 0.430. The summed E-state index contributed by atoms with van der Waals surface area (Å²) in [5.41, 5.74) is 0. The summed E-state index contributed by atoms with van der Waals surface area (Å²) in [5.74, 6) is 0.430. The smallest absolute Gasteiger partial charge is 0.166 e. The van der Waals surface area contributed by atoms with Crippen LogP contribution in [0.5, 0.6) is 0 Å². The Morgan fingerprint density at radius 2 is 2.08 bits per heavy atom. The lowest BCUT2D eigenvalue weighted by Gasteiger charge is -2.40. The normalized spacial score (nSPS) is 35.2. The van der Waals surface area contributed by atoms with E-state index in [0.717, 1.165) is 12.7 Å². The van der Waals surface area contributed by atoms with Gasteiger partial charge in [-0.05, 0) is 18.8 Å². The number of nitrogens with zero attached hydrogens (tertiary/aromatic N) is 1. The molecule has 0 saturated heterocycles. The molecular formula is C8H13NO2S. The summed E-state index contributed by atoms with van der Waals surface area (Å²) in [6.07, 6.45) is 3.18. The molecule has 0 radical (unpaired) electrons. The summed E-state index contributed by atoms with van der Waals surface area (Å²) in [6, 6.07) is 1.93. The van der Waals surface area contributed by atoms with E-state index in [1.165, 1.54) is 0 Å². The molecule has 0 aromatic carbocycles. The monoisotopic (exact) mass is 187 g/mol. The molecule has 0 unspecified atom stereocenters. The minimum Gasteiger partial charge on any atom is -0.227 e. The highest BCUT2D eigenvalue weighted by molar-refractivity contribution is 7.92. The van der Waals surface area contributed by atoms with Gasteiger partial charge in [-0.1, -0.05) is 13.3 Å². The third-order valence-electron chi connectivity index (χ3n) is 2.73. The molecule has 1 rings (SSSR count). The zero-order valence-electron chi connectivity index (χ0n) is 7.37. The van der Waals surface area contributed by atoms with E-state index < -0.39 is 14.6 Å². The van der Waals surface area contributed by atoms with E-state index in [-0.39, 0.29) is 0 Å². The molecule has 0 bridgehead atoms. The van der Waals surface area contributed by atoms with Crippen LogP contribution in [0, 0.1) is 17.2 Å². The Kier molecular flexibility index (Phi) is 2.17. The molecule has 0 aromatic heterocycles. The standard InChI is InChI=1S/C8H13NO2S/c1-3-7-4-8(5-7,6-9)12(2,10)11/h7H,3-5H2,1-2H3. The Labute approximate surface area is 73.3 Å². The zero-order chi connectivity index (χ0) is 9.41. The summed E-state index contributed by atoms with van der Waals surface area (Å²) < 4.78 is 21.4. The van der Waals surface area contributed by atoms with Gasteiger partial charge in [-0.25, -0.2) is 8.42 Å². The maximum atomic E-state index is 11.2. The minimum atomic E-state index is -3.18. The number of hydrogen-bond acceptors (Lipinski definition) is 3. The topological polar surface area (TPSA) is 57.9 Å². The largest absolute Gasteiger partial charge is 0.227 e. The fourth-order valence-corrected chi connectivity index (χ4v) is 2.88. The number of sulfone groups is 1. The fourth-order valence-electron chi connectivity index (χ4n) is 1.64. The highest BCUT2D eigenvalue weighted by atomic mass is 32.2. The second-order valence-electron chi connectivity index (χ2n) is 3.56. The highest BCUT2D eigenvalue weighted by Gasteiger charge is 2.51. The van der Waals surface area contributed by atoms with E-state index >= 15 is 0 Å². The van der Waals surface area contributed by atoms with Gasteiger partial charge in [0.1, 0.15) is 0 Å². The first kappa shape index (κ1) is 9.53. The van der Waals surface area contributed by atoms with Crippen molar-refractivity contribution in [2.45, 2.75) is 30.9 Å². The van der Waals surface area contributed by atoms with Gasteiger partial charge < -0.3 is 0 Å². The van der Waals surface area contributed by atoms with E-state index in [1.54, 1.807) is 0 Å². The van der Waals surface area contributed by atoms with E-state index in [1.807, 2.05) is 13.0 Å². The van der Waals surface area contributed by atoms with Crippen molar-refractivity contribution in [1.82, 2.24) is 0 Å². The molecule has 0 spiro atoms. The Morgan fingerprint density at radius 1 is 1.58 bits per heavy atom. The molecule has 4 heteroatoms. The number of rotatable bonds is 2. The van der Waals surface area contributed by atoms with Gasteiger partial charge in [0.15, 0.2) is 14.6 Å². The lowest BCUT2D eigenvalue weighted by Crippen LogP contribution is -2.48. The first-order valence-corrected chi connectivity index (χ1v) is 5.95. The van der Waals surface area contributed by atoms with Crippen molar-refractivity contribution in [2.75, 3.05) is 6.26 Å². The summed E-state index contributed by atoms with van der Waals surface area (Å²) in [4.78, 5) is 0. The van der Waals surface area contributed by atoms with Gasteiger partial charge in [-0.15, -0.1) is 0 Å². The molecular weight excluding hydrogens is 174 g/mol.